The van der Waals surface area contributed by atoms with Crippen molar-refractivity contribution in [3.63, 3.8) is 0 Å². The van der Waals surface area contributed by atoms with Crippen molar-refractivity contribution >= 4 is 49.8 Å². The molecule has 0 unspecified atom stereocenters. The molecule has 0 spiro atoms. The van der Waals surface area contributed by atoms with Crippen LogP contribution >= 0.6 is 27.5 Å². The monoisotopic (exact) mass is 357 g/mol. The van der Waals surface area contributed by atoms with Crippen LogP contribution in [-0.2, 0) is 0 Å². The number of anilines is 2. The summed E-state index contributed by atoms with van der Waals surface area (Å²) in [4.78, 5) is 4.29. The molecular formula is C16H9BrClN3. The fourth-order valence-corrected chi connectivity index (χ4v) is 2.58. The number of fused-ring (bicyclic) bond motifs is 1. The van der Waals surface area contributed by atoms with E-state index in [1.54, 1.807) is 12.3 Å². The summed E-state index contributed by atoms with van der Waals surface area (Å²) in [6, 6.07) is 15.4. The molecule has 21 heavy (non-hydrogen) atoms. The Kier molecular flexibility index (Phi) is 3.78. The third kappa shape index (κ3) is 2.71. The molecule has 2 aromatic carbocycles. The average Bonchev–Trinajstić information content (AvgIpc) is 2.51. The van der Waals surface area contributed by atoms with E-state index in [1.807, 2.05) is 36.4 Å². The molecule has 0 saturated carbocycles. The molecule has 102 valence electrons. The lowest BCUT2D eigenvalue weighted by Crippen LogP contribution is -1.96. The second-order valence-electron chi connectivity index (χ2n) is 4.43. The number of para-hydroxylation sites is 1. The van der Waals surface area contributed by atoms with Crippen LogP contribution in [0.1, 0.15) is 5.56 Å². The van der Waals surface area contributed by atoms with Crippen LogP contribution in [0, 0.1) is 11.3 Å². The van der Waals surface area contributed by atoms with Crippen LogP contribution in [0.25, 0.3) is 10.9 Å². The van der Waals surface area contributed by atoms with Gasteiger partial charge in [-0.25, -0.2) is 0 Å². The van der Waals surface area contributed by atoms with E-state index >= 15 is 0 Å². The molecule has 0 atom stereocenters. The number of nitrogens with zero attached hydrogens (tertiary/aromatic N) is 2. The highest BCUT2D eigenvalue weighted by molar-refractivity contribution is 9.10. The van der Waals surface area contributed by atoms with E-state index in [0.29, 0.717) is 10.6 Å². The van der Waals surface area contributed by atoms with Crippen LogP contribution in [0.15, 0.2) is 53.1 Å². The molecule has 0 saturated heterocycles. The maximum Gasteiger partial charge on any atom is 0.103 e. The van der Waals surface area contributed by atoms with Gasteiger partial charge in [0, 0.05) is 21.7 Å². The Bertz CT molecular complexity index is 871. The average molecular weight is 359 g/mol. The maximum atomic E-state index is 9.29. The minimum absolute atomic E-state index is 0.500. The van der Waals surface area contributed by atoms with Crippen molar-refractivity contribution < 1.29 is 0 Å². The molecular weight excluding hydrogens is 350 g/mol. The molecule has 1 aromatic heterocycles. The molecule has 5 heteroatoms. The van der Waals surface area contributed by atoms with Crippen molar-refractivity contribution in [2.24, 2.45) is 0 Å². The Morgan fingerprint density at radius 1 is 1.19 bits per heavy atom. The third-order valence-electron chi connectivity index (χ3n) is 3.08. The van der Waals surface area contributed by atoms with Crippen LogP contribution in [-0.4, -0.2) is 4.98 Å². The van der Waals surface area contributed by atoms with E-state index < -0.39 is 0 Å². The van der Waals surface area contributed by atoms with E-state index in [2.05, 4.69) is 32.3 Å². The minimum atomic E-state index is 0.500. The largest absolute Gasteiger partial charge is 0.354 e. The van der Waals surface area contributed by atoms with E-state index in [4.69, 9.17) is 11.6 Å². The molecule has 1 N–H and O–H groups in total. The van der Waals surface area contributed by atoms with Crippen LogP contribution in [0.2, 0.25) is 5.02 Å². The normalized spacial score (nSPS) is 10.3. The second-order valence-corrected chi connectivity index (χ2v) is 5.69. The Labute approximate surface area is 135 Å². The van der Waals surface area contributed by atoms with E-state index in [-0.39, 0.29) is 0 Å². The first-order chi connectivity index (χ1) is 10.2. The zero-order chi connectivity index (χ0) is 14.8. The Hall–Kier alpha value is -2.09. The van der Waals surface area contributed by atoms with Gasteiger partial charge in [-0.05, 0) is 40.2 Å². The number of hydrogen-bond donors (Lipinski definition) is 1. The fourth-order valence-electron chi connectivity index (χ4n) is 2.08. The van der Waals surface area contributed by atoms with Crippen molar-refractivity contribution in [1.29, 1.82) is 5.26 Å². The summed E-state index contributed by atoms with van der Waals surface area (Å²) in [7, 11) is 0. The molecule has 3 nitrogen and oxygen atoms in total. The maximum absolute atomic E-state index is 9.29. The van der Waals surface area contributed by atoms with E-state index in [0.717, 1.165) is 26.8 Å². The summed E-state index contributed by atoms with van der Waals surface area (Å²) in [6.45, 7) is 0. The van der Waals surface area contributed by atoms with Crippen molar-refractivity contribution in [3.8, 4) is 6.07 Å². The van der Waals surface area contributed by atoms with Crippen LogP contribution in [0.3, 0.4) is 0 Å². The highest BCUT2D eigenvalue weighted by Gasteiger charge is 2.09. The quantitative estimate of drug-likeness (QED) is 0.679. The van der Waals surface area contributed by atoms with Gasteiger partial charge in [0.1, 0.15) is 6.07 Å². The van der Waals surface area contributed by atoms with Gasteiger partial charge in [0.25, 0.3) is 0 Å². The molecule has 0 aliphatic rings. The highest BCUT2D eigenvalue weighted by Crippen LogP contribution is 2.31. The molecule has 0 radical (unpaired) electrons. The van der Waals surface area contributed by atoms with Gasteiger partial charge < -0.3 is 5.32 Å². The number of aromatic nitrogens is 1. The van der Waals surface area contributed by atoms with Gasteiger partial charge in [0.05, 0.1) is 21.8 Å². The second kappa shape index (κ2) is 5.72. The van der Waals surface area contributed by atoms with Gasteiger partial charge in [-0.2, -0.15) is 5.26 Å². The number of halogens is 2. The standard InChI is InChI=1S/C16H9BrClN3/c17-13-7-11(5-6-14(13)18)21-16-10(8-19)9-20-15-4-2-1-3-12(15)16/h1-7,9H,(H,20,21). The molecule has 3 aromatic rings. The summed E-state index contributed by atoms with van der Waals surface area (Å²) < 4.78 is 0.797. The van der Waals surface area contributed by atoms with Gasteiger partial charge in [0.15, 0.2) is 0 Å². The molecule has 1 heterocycles. The van der Waals surface area contributed by atoms with Gasteiger partial charge in [-0.1, -0.05) is 29.8 Å². The molecule has 3 rings (SSSR count). The number of hydrogen-bond acceptors (Lipinski definition) is 3. The van der Waals surface area contributed by atoms with Crippen molar-refractivity contribution in [2.45, 2.75) is 0 Å². The summed E-state index contributed by atoms with van der Waals surface area (Å²) in [5, 5.41) is 14.1. The first-order valence-electron chi connectivity index (χ1n) is 6.19. The number of rotatable bonds is 2. The Balaban J connectivity index is 2.14. The van der Waals surface area contributed by atoms with Crippen LogP contribution in [0.4, 0.5) is 11.4 Å². The summed E-state index contributed by atoms with van der Waals surface area (Å²) >= 11 is 9.40. The SMILES string of the molecule is N#Cc1cnc2ccccc2c1Nc1ccc(Cl)c(Br)c1. The van der Waals surface area contributed by atoms with E-state index in [9.17, 15) is 5.26 Å². The molecule has 0 aliphatic heterocycles. The topological polar surface area (TPSA) is 48.7 Å². The van der Waals surface area contributed by atoms with E-state index in [1.165, 1.54) is 0 Å². The molecule has 0 fully saturated rings. The van der Waals surface area contributed by atoms with Gasteiger partial charge in [0.2, 0.25) is 0 Å². The summed E-state index contributed by atoms with van der Waals surface area (Å²) in [5.41, 5.74) is 2.93. The first kappa shape index (κ1) is 13.9. The smallest absolute Gasteiger partial charge is 0.103 e. The van der Waals surface area contributed by atoms with Gasteiger partial charge in [-0.15, -0.1) is 0 Å². The fraction of sp³-hybridized carbons (Fsp3) is 0. The molecule has 0 amide bonds. The third-order valence-corrected chi connectivity index (χ3v) is 4.30. The van der Waals surface area contributed by atoms with Crippen LogP contribution in [0.5, 0.6) is 0 Å². The van der Waals surface area contributed by atoms with Crippen LogP contribution < -0.4 is 5.32 Å². The lowest BCUT2D eigenvalue weighted by Gasteiger charge is -2.12. The molecule has 0 aliphatic carbocycles. The number of benzene rings is 2. The Morgan fingerprint density at radius 3 is 2.76 bits per heavy atom. The number of pyridine rings is 1. The molecule has 0 bridgehead atoms. The summed E-state index contributed by atoms with van der Waals surface area (Å²) in [6.07, 6.45) is 1.58. The summed E-state index contributed by atoms with van der Waals surface area (Å²) in [5.74, 6) is 0. The zero-order valence-corrected chi connectivity index (χ0v) is 13.1. The van der Waals surface area contributed by atoms with Crippen molar-refractivity contribution in [2.75, 3.05) is 5.32 Å². The van der Waals surface area contributed by atoms with Gasteiger partial charge >= 0.3 is 0 Å². The number of nitrogens with one attached hydrogen (secondary N) is 1. The predicted octanol–water partition coefficient (Wildman–Crippen LogP) is 5.27. The Morgan fingerprint density at radius 2 is 2.00 bits per heavy atom. The minimum Gasteiger partial charge on any atom is -0.354 e. The van der Waals surface area contributed by atoms with Crippen molar-refractivity contribution in [1.82, 2.24) is 4.98 Å². The lowest BCUT2D eigenvalue weighted by molar-refractivity contribution is 1.36. The lowest BCUT2D eigenvalue weighted by atomic mass is 10.1. The number of nitriles is 1. The first-order valence-corrected chi connectivity index (χ1v) is 7.36. The van der Waals surface area contributed by atoms with Crippen molar-refractivity contribution in [3.05, 3.63) is 63.7 Å². The predicted molar refractivity (Wildman–Crippen MR) is 88.9 cm³/mol. The highest BCUT2D eigenvalue weighted by atomic mass is 79.9. The van der Waals surface area contributed by atoms with Gasteiger partial charge in [-0.3, -0.25) is 4.98 Å². The zero-order valence-electron chi connectivity index (χ0n) is 10.8.